The summed E-state index contributed by atoms with van der Waals surface area (Å²) >= 11 is 4.00. The molecule has 47 heavy (non-hydrogen) atoms. The Hall–Kier alpha value is -4.21. The lowest BCUT2D eigenvalue weighted by Crippen LogP contribution is -2.62. The van der Waals surface area contributed by atoms with Crippen LogP contribution in [0.5, 0.6) is 0 Å². The smallest absolute Gasteiger partial charge is 0.246 e. The van der Waals surface area contributed by atoms with Crippen molar-refractivity contribution < 1.29 is 0 Å². The number of nitrogens with zero attached hydrogens (tertiary/aromatic N) is 2. The van der Waals surface area contributed by atoms with Crippen molar-refractivity contribution in [1.29, 1.82) is 0 Å². The Morgan fingerprint density at radius 3 is 1.96 bits per heavy atom. The van der Waals surface area contributed by atoms with Gasteiger partial charge < -0.3 is 9.80 Å². The van der Waals surface area contributed by atoms with E-state index in [9.17, 15) is 0 Å². The lowest BCUT2D eigenvalue weighted by molar-refractivity contribution is 0.623. The van der Waals surface area contributed by atoms with E-state index in [1.165, 1.54) is 88.2 Å². The lowest BCUT2D eigenvalue weighted by Gasteiger charge is -2.57. The average molecular weight is 667 g/mol. The Balaban J connectivity index is 1.34. The summed E-state index contributed by atoms with van der Waals surface area (Å²) in [5, 5.41) is 0. The zero-order valence-electron chi connectivity index (χ0n) is 27.1. The molecule has 224 valence electrons. The number of benzene rings is 5. The molecule has 1 unspecified atom stereocenters. The normalized spacial score (nSPS) is 20.1. The van der Waals surface area contributed by atoms with Crippen molar-refractivity contribution in [3.63, 3.8) is 0 Å². The van der Waals surface area contributed by atoms with E-state index in [1.54, 1.807) is 0 Å². The third-order valence-electron chi connectivity index (χ3n) is 12.4. The molecule has 0 fully saturated rings. The van der Waals surface area contributed by atoms with E-state index in [0.29, 0.717) is 5.82 Å². The van der Waals surface area contributed by atoms with E-state index in [1.807, 2.05) is 0 Å². The summed E-state index contributed by atoms with van der Waals surface area (Å²) in [7, 11) is 0. The molecule has 0 N–H and O–H groups in total. The van der Waals surface area contributed by atoms with E-state index >= 15 is 0 Å². The standard InChI is InChI=1S/C42H33B2BrN2/c1-41(2)27-16-11-17-31-35(27)46-37-28(41)18-21-33-40(37)47-36-30(22-26(45)23-34(36)44(33)25-14-9-6-10-15-25)42(3,4)29-19-20-32(39(46)38(29)47)43(31)24-12-7-5-8-13-24/h5-14,16-23,25H,15H2,1-4H3. The molecule has 0 saturated heterocycles. The number of para-hydroxylation sites is 1. The van der Waals surface area contributed by atoms with Crippen molar-refractivity contribution in [2.24, 2.45) is 0 Å². The molecule has 0 bridgehead atoms. The molecule has 1 aliphatic carbocycles. The highest BCUT2D eigenvalue weighted by Gasteiger charge is 2.55. The third kappa shape index (κ3) is 3.03. The minimum Gasteiger partial charge on any atom is -0.307 e. The van der Waals surface area contributed by atoms with E-state index < -0.39 is 0 Å². The van der Waals surface area contributed by atoms with Crippen molar-refractivity contribution in [1.82, 2.24) is 0 Å². The van der Waals surface area contributed by atoms with E-state index in [-0.39, 0.29) is 24.3 Å². The maximum absolute atomic E-state index is 4.00. The predicted molar refractivity (Wildman–Crippen MR) is 204 cm³/mol. The summed E-state index contributed by atoms with van der Waals surface area (Å²) in [5.74, 6) is 0.398. The highest BCUT2D eigenvalue weighted by atomic mass is 79.9. The number of allylic oxidation sites excluding steroid dienone is 4. The van der Waals surface area contributed by atoms with E-state index in [4.69, 9.17) is 0 Å². The second kappa shape index (κ2) is 8.62. The fourth-order valence-corrected chi connectivity index (χ4v) is 10.8. The average Bonchev–Trinajstić information content (AvgIpc) is 3.08. The molecule has 11 rings (SSSR count). The molecule has 1 atom stereocenters. The van der Waals surface area contributed by atoms with Gasteiger partial charge >= 0.3 is 0 Å². The number of hydrogen-bond donors (Lipinski definition) is 0. The Morgan fingerprint density at radius 2 is 1.23 bits per heavy atom. The highest BCUT2D eigenvalue weighted by molar-refractivity contribution is 9.10. The zero-order chi connectivity index (χ0) is 31.6. The Kier molecular flexibility index (Phi) is 4.92. The summed E-state index contributed by atoms with van der Waals surface area (Å²) in [6.45, 7) is 10.2. The molecule has 0 amide bonds. The quantitative estimate of drug-likeness (QED) is 0.175. The van der Waals surface area contributed by atoms with Gasteiger partial charge in [-0.3, -0.25) is 0 Å². The van der Waals surface area contributed by atoms with Crippen LogP contribution in [0.15, 0.2) is 114 Å². The van der Waals surface area contributed by atoms with Crippen LogP contribution in [0.25, 0.3) is 0 Å². The largest absolute Gasteiger partial charge is 0.307 e. The van der Waals surface area contributed by atoms with Crippen LogP contribution in [-0.2, 0) is 10.8 Å². The SMILES string of the molecule is CC1(C)c2cccc3c2N2c4c(ccc5c4N4c6c(cc(Br)cc6C5(C)C)B(C5C=CC=CC5)c5ccc1c2c54)B3c1ccccc1. The Bertz CT molecular complexity index is 2340. The van der Waals surface area contributed by atoms with Crippen molar-refractivity contribution in [2.75, 3.05) is 9.80 Å². The van der Waals surface area contributed by atoms with E-state index in [2.05, 4.69) is 163 Å². The van der Waals surface area contributed by atoms with Crippen molar-refractivity contribution in [2.45, 2.75) is 50.8 Å². The van der Waals surface area contributed by atoms with Gasteiger partial charge in [0.05, 0.1) is 22.7 Å². The van der Waals surface area contributed by atoms with Crippen molar-refractivity contribution in [3.8, 4) is 0 Å². The summed E-state index contributed by atoms with van der Waals surface area (Å²) in [5.41, 5.74) is 20.8. The first-order valence-electron chi connectivity index (χ1n) is 17.1. The lowest BCUT2D eigenvalue weighted by atomic mass is 9.30. The monoisotopic (exact) mass is 666 g/mol. The Labute approximate surface area is 286 Å². The van der Waals surface area contributed by atoms with Gasteiger partial charge in [-0.15, -0.1) is 0 Å². The van der Waals surface area contributed by atoms with Crippen LogP contribution >= 0.6 is 15.9 Å². The third-order valence-corrected chi connectivity index (χ3v) is 12.9. The van der Waals surface area contributed by atoms with Gasteiger partial charge in [0.15, 0.2) is 0 Å². The first-order valence-corrected chi connectivity index (χ1v) is 17.9. The maximum Gasteiger partial charge on any atom is 0.246 e. The first-order chi connectivity index (χ1) is 22.8. The highest BCUT2D eigenvalue weighted by Crippen LogP contribution is 2.66. The second-order valence-corrected chi connectivity index (χ2v) is 16.3. The van der Waals surface area contributed by atoms with Gasteiger partial charge in [0.1, 0.15) is 0 Å². The summed E-state index contributed by atoms with van der Waals surface area (Å²) in [6.07, 6.45) is 10.3. The molecule has 5 aromatic carbocycles. The molecule has 0 aromatic heterocycles. The van der Waals surface area contributed by atoms with Gasteiger partial charge in [0.25, 0.3) is 0 Å². The fourth-order valence-electron chi connectivity index (χ4n) is 10.3. The van der Waals surface area contributed by atoms with Crippen LogP contribution in [0.4, 0.5) is 34.1 Å². The number of halogens is 1. The van der Waals surface area contributed by atoms with Crippen LogP contribution < -0.4 is 37.1 Å². The molecular formula is C42H33B2BrN2. The molecule has 0 spiro atoms. The maximum atomic E-state index is 4.00. The van der Waals surface area contributed by atoms with Gasteiger partial charge in [0, 0.05) is 26.7 Å². The van der Waals surface area contributed by atoms with Crippen LogP contribution in [-0.4, -0.2) is 13.4 Å². The number of hydrogen-bond acceptors (Lipinski definition) is 2. The predicted octanol–water partition coefficient (Wildman–Crippen LogP) is 7.62. The summed E-state index contributed by atoms with van der Waals surface area (Å²) in [4.78, 5) is 5.46. The van der Waals surface area contributed by atoms with Crippen LogP contribution in [0.1, 0.15) is 56.4 Å². The van der Waals surface area contributed by atoms with Crippen LogP contribution in [0.3, 0.4) is 0 Å². The molecule has 0 radical (unpaired) electrons. The van der Waals surface area contributed by atoms with Crippen molar-refractivity contribution in [3.05, 3.63) is 136 Å². The summed E-state index contributed by atoms with van der Waals surface area (Å²) < 4.78 is 1.17. The molecule has 2 nitrogen and oxygen atoms in total. The molecule has 5 aliphatic heterocycles. The topological polar surface area (TPSA) is 6.48 Å². The molecule has 5 aromatic rings. The zero-order valence-corrected chi connectivity index (χ0v) is 28.7. The Morgan fingerprint density at radius 1 is 0.596 bits per heavy atom. The molecule has 5 heteroatoms. The first kappa shape index (κ1) is 26.8. The minimum absolute atomic E-state index is 0.152. The molecule has 6 aliphatic rings. The van der Waals surface area contributed by atoms with Gasteiger partial charge in [-0.05, 0) is 62.4 Å². The fraction of sp³-hybridized carbons (Fsp3) is 0.190. The summed E-state index contributed by atoms with van der Waals surface area (Å²) in [6, 6.07) is 33.0. The number of anilines is 6. The van der Waals surface area contributed by atoms with Crippen LogP contribution in [0.2, 0.25) is 5.82 Å². The van der Waals surface area contributed by atoms with Gasteiger partial charge in [-0.2, -0.15) is 0 Å². The second-order valence-electron chi connectivity index (χ2n) is 15.4. The van der Waals surface area contributed by atoms with Gasteiger partial charge in [0.2, 0.25) is 13.4 Å². The molecular weight excluding hydrogens is 634 g/mol. The van der Waals surface area contributed by atoms with Gasteiger partial charge in [-0.1, -0.05) is 152 Å². The molecule has 5 heterocycles. The van der Waals surface area contributed by atoms with Crippen LogP contribution in [0, 0.1) is 0 Å². The van der Waals surface area contributed by atoms with E-state index in [0.717, 1.165) is 6.42 Å². The minimum atomic E-state index is -0.175. The van der Waals surface area contributed by atoms with Crippen molar-refractivity contribution >= 4 is 90.8 Å². The molecule has 0 saturated carbocycles. The van der Waals surface area contributed by atoms with Gasteiger partial charge in [-0.25, -0.2) is 0 Å². The number of rotatable bonds is 2.